The molecular weight excluding hydrogens is 278 g/mol. The number of halogens is 1. The van der Waals surface area contributed by atoms with Crippen molar-refractivity contribution in [2.24, 2.45) is 5.73 Å². The van der Waals surface area contributed by atoms with Gasteiger partial charge in [-0.2, -0.15) is 5.10 Å². The summed E-state index contributed by atoms with van der Waals surface area (Å²) < 4.78 is 12.5. The molecular formula is C14H18ClN3O2. The highest BCUT2D eigenvalue weighted by Gasteiger charge is 2.22. The number of methoxy groups -OCH3 is 2. The van der Waals surface area contributed by atoms with Crippen LogP contribution in [0, 0.1) is 0 Å². The molecule has 1 unspecified atom stereocenters. The summed E-state index contributed by atoms with van der Waals surface area (Å²) in [5.41, 5.74) is 8.03. The SMILES string of the molecule is CCn1ncc(OC)c1C(N)c1ccc(Cl)cc1OC. The lowest BCUT2D eigenvalue weighted by Gasteiger charge is -2.18. The summed E-state index contributed by atoms with van der Waals surface area (Å²) >= 11 is 5.98. The van der Waals surface area contributed by atoms with Crippen LogP contribution in [0.25, 0.3) is 0 Å². The van der Waals surface area contributed by atoms with Gasteiger partial charge in [0.1, 0.15) is 11.4 Å². The molecule has 108 valence electrons. The molecule has 0 saturated heterocycles. The van der Waals surface area contributed by atoms with Crippen LogP contribution in [0.1, 0.15) is 24.2 Å². The zero-order valence-corrected chi connectivity index (χ0v) is 12.5. The van der Waals surface area contributed by atoms with Crippen LogP contribution in [-0.4, -0.2) is 24.0 Å². The van der Waals surface area contributed by atoms with Crippen LogP contribution >= 0.6 is 11.6 Å². The van der Waals surface area contributed by atoms with Crippen molar-refractivity contribution >= 4 is 11.6 Å². The predicted octanol–water partition coefficient (Wildman–Crippen LogP) is 2.62. The van der Waals surface area contributed by atoms with E-state index < -0.39 is 6.04 Å². The molecule has 20 heavy (non-hydrogen) atoms. The Labute approximate surface area is 123 Å². The fourth-order valence-electron chi connectivity index (χ4n) is 2.19. The van der Waals surface area contributed by atoms with Crippen molar-refractivity contribution in [3.05, 3.63) is 40.7 Å². The van der Waals surface area contributed by atoms with Gasteiger partial charge in [0.15, 0.2) is 5.75 Å². The molecule has 1 aromatic heterocycles. The highest BCUT2D eigenvalue weighted by atomic mass is 35.5. The minimum absolute atomic E-state index is 0.403. The van der Waals surface area contributed by atoms with E-state index in [2.05, 4.69) is 5.10 Å². The first kappa shape index (κ1) is 14.7. The van der Waals surface area contributed by atoms with E-state index in [0.717, 1.165) is 11.3 Å². The van der Waals surface area contributed by atoms with E-state index >= 15 is 0 Å². The van der Waals surface area contributed by atoms with Gasteiger partial charge in [-0.15, -0.1) is 0 Å². The van der Waals surface area contributed by atoms with Gasteiger partial charge < -0.3 is 15.2 Å². The van der Waals surface area contributed by atoms with Crippen molar-refractivity contribution in [2.45, 2.75) is 19.5 Å². The monoisotopic (exact) mass is 295 g/mol. The molecule has 6 heteroatoms. The summed E-state index contributed by atoms with van der Waals surface area (Å²) in [5.74, 6) is 1.31. The average Bonchev–Trinajstić information content (AvgIpc) is 2.89. The number of hydrogen-bond donors (Lipinski definition) is 1. The Morgan fingerprint density at radius 1 is 1.30 bits per heavy atom. The standard InChI is InChI=1S/C14H18ClN3O2/c1-4-18-14(12(20-3)8-17-18)13(16)10-6-5-9(15)7-11(10)19-2/h5-8,13H,4,16H2,1-3H3. The largest absolute Gasteiger partial charge is 0.496 e. The van der Waals surface area contributed by atoms with Gasteiger partial charge in [0.25, 0.3) is 0 Å². The first-order valence-corrected chi connectivity index (χ1v) is 6.68. The number of aromatic nitrogens is 2. The Balaban J connectivity index is 2.50. The molecule has 1 aromatic carbocycles. The maximum atomic E-state index is 6.38. The molecule has 0 bridgehead atoms. The Hall–Kier alpha value is -1.72. The van der Waals surface area contributed by atoms with E-state index in [-0.39, 0.29) is 0 Å². The van der Waals surface area contributed by atoms with Crippen molar-refractivity contribution in [2.75, 3.05) is 14.2 Å². The van der Waals surface area contributed by atoms with Crippen molar-refractivity contribution in [1.82, 2.24) is 9.78 Å². The van der Waals surface area contributed by atoms with Crippen molar-refractivity contribution < 1.29 is 9.47 Å². The number of aryl methyl sites for hydroxylation is 1. The number of rotatable bonds is 5. The highest BCUT2D eigenvalue weighted by Crippen LogP contribution is 2.34. The van der Waals surface area contributed by atoms with Gasteiger partial charge in [0.2, 0.25) is 0 Å². The fourth-order valence-corrected chi connectivity index (χ4v) is 2.35. The van der Waals surface area contributed by atoms with E-state index in [1.807, 2.05) is 17.7 Å². The Morgan fingerprint density at radius 2 is 2.00 bits per heavy atom. The molecule has 0 aliphatic heterocycles. The molecule has 0 aliphatic rings. The van der Waals surface area contributed by atoms with Gasteiger partial charge in [0, 0.05) is 17.1 Å². The molecule has 1 atom stereocenters. The molecule has 0 amide bonds. The predicted molar refractivity (Wildman–Crippen MR) is 78.5 cm³/mol. The average molecular weight is 296 g/mol. The Bertz CT molecular complexity index is 577. The van der Waals surface area contributed by atoms with Crippen LogP contribution in [0.15, 0.2) is 24.4 Å². The first-order chi connectivity index (χ1) is 9.62. The molecule has 2 aromatic rings. The zero-order chi connectivity index (χ0) is 14.7. The van der Waals surface area contributed by atoms with Gasteiger partial charge >= 0.3 is 0 Å². The second-order valence-electron chi connectivity index (χ2n) is 4.28. The highest BCUT2D eigenvalue weighted by molar-refractivity contribution is 6.30. The molecule has 0 fully saturated rings. The van der Waals surface area contributed by atoms with Crippen molar-refractivity contribution in [1.29, 1.82) is 0 Å². The second-order valence-corrected chi connectivity index (χ2v) is 4.71. The quantitative estimate of drug-likeness (QED) is 0.921. The summed E-state index contributed by atoms with van der Waals surface area (Å²) in [6.07, 6.45) is 1.67. The van der Waals surface area contributed by atoms with E-state index in [1.165, 1.54) is 0 Å². The van der Waals surface area contributed by atoms with E-state index in [9.17, 15) is 0 Å². The smallest absolute Gasteiger partial charge is 0.161 e. The number of nitrogens with zero attached hydrogens (tertiary/aromatic N) is 2. The van der Waals surface area contributed by atoms with Gasteiger partial charge in [-0.3, -0.25) is 4.68 Å². The Morgan fingerprint density at radius 3 is 2.60 bits per heavy atom. The third kappa shape index (κ3) is 2.59. The van der Waals surface area contributed by atoms with Gasteiger partial charge in [-0.25, -0.2) is 0 Å². The summed E-state index contributed by atoms with van der Waals surface area (Å²) in [6.45, 7) is 2.71. The third-order valence-electron chi connectivity index (χ3n) is 3.19. The summed E-state index contributed by atoms with van der Waals surface area (Å²) in [7, 11) is 3.20. The fraction of sp³-hybridized carbons (Fsp3) is 0.357. The minimum Gasteiger partial charge on any atom is -0.496 e. The lowest BCUT2D eigenvalue weighted by atomic mass is 10.0. The molecule has 0 saturated carbocycles. The van der Waals surface area contributed by atoms with Crippen LogP contribution in [0.2, 0.25) is 5.02 Å². The summed E-state index contributed by atoms with van der Waals surface area (Å²) in [4.78, 5) is 0. The number of nitrogens with two attached hydrogens (primary N) is 1. The van der Waals surface area contributed by atoms with Gasteiger partial charge in [-0.05, 0) is 19.1 Å². The van der Waals surface area contributed by atoms with Crippen LogP contribution in [0.4, 0.5) is 0 Å². The van der Waals surface area contributed by atoms with Crippen molar-refractivity contribution in [3.8, 4) is 11.5 Å². The van der Waals surface area contributed by atoms with E-state index in [0.29, 0.717) is 23.1 Å². The molecule has 0 radical (unpaired) electrons. The first-order valence-electron chi connectivity index (χ1n) is 6.31. The van der Waals surface area contributed by atoms with Crippen LogP contribution < -0.4 is 15.2 Å². The molecule has 5 nitrogen and oxygen atoms in total. The maximum absolute atomic E-state index is 6.38. The number of benzene rings is 1. The topological polar surface area (TPSA) is 62.3 Å². The summed E-state index contributed by atoms with van der Waals surface area (Å²) in [6, 6.07) is 4.99. The molecule has 0 aliphatic carbocycles. The Kier molecular flexibility index (Phi) is 4.52. The lowest BCUT2D eigenvalue weighted by molar-refractivity contribution is 0.397. The lowest BCUT2D eigenvalue weighted by Crippen LogP contribution is -2.18. The van der Waals surface area contributed by atoms with Gasteiger partial charge in [0.05, 0.1) is 26.5 Å². The van der Waals surface area contributed by atoms with Crippen molar-refractivity contribution in [3.63, 3.8) is 0 Å². The molecule has 2 N–H and O–H groups in total. The second kappa shape index (κ2) is 6.15. The summed E-state index contributed by atoms with van der Waals surface area (Å²) in [5, 5.41) is 4.88. The third-order valence-corrected chi connectivity index (χ3v) is 3.42. The number of ether oxygens (including phenoxy) is 2. The molecule has 2 rings (SSSR count). The zero-order valence-electron chi connectivity index (χ0n) is 11.8. The van der Waals surface area contributed by atoms with E-state index in [4.69, 9.17) is 26.8 Å². The van der Waals surface area contributed by atoms with Crippen LogP contribution in [-0.2, 0) is 6.54 Å². The minimum atomic E-state index is -0.403. The van der Waals surface area contributed by atoms with E-state index in [1.54, 1.807) is 32.5 Å². The van der Waals surface area contributed by atoms with Crippen LogP contribution in [0.5, 0.6) is 11.5 Å². The normalized spacial score (nSPS) is 12.2. The van der Waals surface area contributed by atoms with Gasteiger partial charge in [-0.1, -0.05) is 17.7 Å². The number of hydrogen-bond acceptors (Lipinski definition) is 4. The molecule has 0 spiro atoms. The maximum Gasteiger partial charge on any atom is 0.161 e. The van der Waals surface area contributed by atoms with Crippen LogP contribution in [0.3, 0.4) is 0 Å². The molecule has 1 heterocycles.